The summed E-state index contributed by atoms with van der Waals surface area (Å²) < 4.78 is 5.34. The van der Waals surface area contributed by atoms with Gasteiger partial charge in [-0.2, -0.15) is 5.26 Å². The third-order valence-corrected chi connectivity index (χ3v) is 3.59. The molecule has 0 N–H and O–H groups in total. The molecule has 0 saturated heterocycles. The first-order chi connectivity index (χ1) is 10.9. The molecule has 23 heavy (non-hydrogen) atoms. The van der Waals surface area contributed by atoms with Crippen molar-refractivity contribution in [3.8, 4) is 11.8 Å². The Labute approximate surface area is 134 Å². The minimum atomic E-state index is -0.347. The highest BCUT2D eigenvalue weighted by Gasteiger charge is 2.28. The number of Topliss-reactive ketones (excluding diaryl/α,β-unsaturated/α-hetero) is 1. The fraction of sp³-hybridized carbons (Fsp3) is 0.375. The van der Waals surface area contributed by atoms with Crippen LogP contribution in [0, 0.1) is 11.3 Å². The van der Waals surface area contributed by atoms with Crippen LogP contribution in [-0.4, -0.2) is 49.2 Å². The zero-order chi connectivity index (χ0) is 17.0. The molecule has 0 saturated carbocycles. The predicted octanol–water partition coefficient (Wildman–Crippen LogP) is 0.987. The van der Waals surface area contributed by atoms with Crippen molar-refractivity contribution in [1.82, 2.24) is 4.90 Å². The van der Waals surface area contributed by atoms with Crippen molar-refractivity contribution in [2.24, 2.45) is 0 Å². The summed E-state index contributed by atoms with van der Waals surface area (Å²) in [6, 6.07) is 6.76. The summed E-state index contributed by atoms with van der Waals surface area (Å²) in [5.74, 6) is -0.305. The van der Waals surface area contributed by atoms with Crippen LogP contribution in [0.1, 0.15) is 23.7 Å². The summed E-state index contributed by atoms with van der Waals surface area (Å²) >= 11 is 0. The first-order valence-corrected chi connectivity index (χ1v) is 7.13. The summed E-state index contributed by atoms with van der Waals surface area (Å²) in [5, 5.41) is 8.57. The zero-order valence-corrected chi connectivity index (χ0v) is 13.0. The van der Waals surface area contributed by atoms with E-state index in [9.17, 15) is 14.4 Å². The number of benzene rings is 1. The summed E-state index contributed by atoms with van der Waals surface area (Å²) in [5.41, 5.74) is 0.855. The van der Waals surface area contributed by atoms with E-state index in [-0.39, 0.29) is 37.2 Å². The highest BCUT2D eigenvalue weighted by atomic mass is 16.5. The Kier molecular flexibility index (Phi) is 4.96. The molecule has 0 spiro atoms. The van der Waals surface area contributed by atoms with Gasteiger partial charge in [-0.3, -0.25) is 19.3 Å². The molecule has 0 atom stereocenters. The van der Waals surface area contributed by atoms with E-state index in [0.29, 0.717) is 23.5 Å². The van der Waals surface area contributed by atoms with Gasteiger partial charge >= 0.3 is 0 Å². The maximum atomic E-state index is 12.2. The van der Waals surface area contributed by atoms with E-state index in [2.05, 4.69) is 0 Å². The van der Waals surface area contributed by atoms with Crippen LogP contribution < -0.4 is 9.64 Å². The number of hydrogen-bond acceptors (Lipinski definition) is 5. The van der Waals surface area contributed by atoms with Crippen LogP contribution in [0.2, 0.25) is 0 Å². The summed E-state index contributed by atoms with van der Waals surface area (Å²) in [6.07, 6.45) is 0.227. The molecular formula is C16H17N3O4. The third kappa shape index (κ3) is 3.66. The van der Waals surface area contributed by atoms with Crippen LogP contribution in [0.3, 0.4) is 0 Å². The second-order valence-electron chi connectivity index (χ2n) is 5.23. The lowest BCUT2D eigenvalue weighted by Crippen LogP contribution is -2.45. The number of likely N-dealkylation sites (N-methyl/N-ethyl adjacent to an activating group) is 1. The predicted molar refractivity (Wildman–Crippen MR) is 82.2 cm³/mol. The van der Waals surface area contributed by atoms with E-state index < -0.39 is 0 Å². The van der Waals surface area contributed by atoms with E-state index in [1.54, 1.807) is 25.2 Å². The largest absolute Gasteiger partial charge is 0.482 e. The molecule has 0 aromatic heterocycles. The minimum absolute atomic E-state index is 0.136. The van der Waals surface area contributed by atoms with Gasteiger partial charge in [0.25, 0.3) is 5.91 Å². The molecular weight excluding hydrogens is 298 g/mol. The summed E-state index contributed by atoms with van der Waals surface area (Å²) in [6.45, 7) is 1.42. The van der Waals surface area contributed by atoms with Gasteiger partial charge in [-0.05, 0) is 25.1 Å². The maximum absolute atomic E-state index is 12.2. The minimum Gasteiger partial charge on any atom is -0.482 e. The second-order valence-corrected chi connectivity index (χ2v) is 5.23. The van der Waals surface area contributed by atoms with E-state index in [1.165, 1.54) is 16.7 Å². The molecule has 120 valence electrons. The van der Waals surface area contributed by atoms with Gasteiger partial charge in [-0.15, -0.1) is 0 Å². The van der Waals surface area contributed by atoms with Gasteiger partial charge in [0.05, 0.1) is 18.2 Å². The molecule has 1 aromatic carbocycles. The van der Waals surface area contributed by atoms with Crippen LogP contribution in [0.15, 0.2) is 18.2 Å². The summed E-state index contributed by atoms with van der Waals surface area (Å²) in [4.78, 5) is 38.5. The second kappa shape index (κ2) is 6.92. The van der Waals surface area contributed by atoms with E-state index in [1.807, 2.05) is 6.07 Å². The van der Waals surface area contributed by atoms with Crippen molar-refractivity contribution in [3.63, 3.8) is 0 Å². The van der Waals surface area contributed by atoms with Crippen molar-refractivity contribution in [3.05, 3.63) is 23.8 Å². The SMILES string of the molecule is CC(=O)c1ccc2c(c1)N(CC(=O)N(C)CCC#N)C(=O)CO2. The van der Waals surface area contributed by atoms with Gasteiger partial charge in [0, 0.05) is 19.2 Å². The van der Waals surface area contributed by atoms with Crippen molar-refractivity contribution >= 4 is 23.3 Å². The average molecular weight is 315 g/mol. The monoisotopic (exact) mass is 315 g/mol. The fourth-order valence-corrected chi connectivity index (χ4v) is 2.19. The first-order valence-electron chi connectivity index (χ1n) is 7.13. The molecule has 7 heteroatoms. The van der Waals surface area contributed by atoms with Crippen LogP contribution in [0.5, 0.6) is 5.75 Å². The van der Waals surface area contributed by atoms with Crippen LogP contribution >= 0.6 is 0 Å². The maximum Gasteiger partial charge on any atom is 0.265 e. The number of carbonyl (C=O) groups is 3. The quantitative estimate of drug-likeness (QED) is 0.756. The van der Waals surface area contributed by atoms with Gasteiger partial charge in [0.1, 0.15) is 12.3 Å². The molecule has 7 nitrogen and oxygen atoms in total. The average Bonchev–Trinajstić information content (AvgIpc) is 2.54. The normalized spacial score (nSPS) is 12.9. The number of ether oxygens (including phenoxy) is 1. The van der Waals surface area contributed by atoms with Crippen molar-refractivity contribution < 1.29 is 19.1 Å². The van der Waals surface area contributed by atoms with Gasteiger partial charge in [-0.1, -0.05) is 0 Å². The molecule has 0 aliphatic carbocycles. The Morgan fingerprint density at radius 1 is 1.43 bits per heavy atom. The van der Waals surface area contributed by atoms with Crippen molar-refractivity contribution in [1.29, 1.82) is 5.26 Å². The first kappa shape index (κ1) is 16.5. The Balaban J connectivity index is 2.24. The lowest BCUT2D eigenvalue weighted by molar-refractivity contribution is -0.130. The highest BCUT2D eigenvalue weighted by molar-refractivity contribution is 6.04. The number of ketones is 1. The zero-order valence-electron chi connectivity index (χ0n) is 13.0. The third-order valence-electron chi connectivity index (χ3n) is 3.59. The Morgan fingerprint density at radius 2 is 2.17 bits per heavy atom. The molecule has 2 rings (SSSR count). The van der Waals surface area contributed by atoms with Crippen LogP contribution in [0.4, 0.5) is 5.69 Å². The lowest BCUT2D eigenvalue weighted by Gasteiger charge is -2.30. The molecule has 1 aromatic rings. The fourth-order valence-electron chi connectivity index (χ4n) is 2.19. The molecule has 2 amide bonds. The van der Waals surface area contributed by atoms with E-state index >= 15 is 0 Å². The lowest BCUT2D eigenvalue weighted by atomic mass is 10.1. The van der Waals surface area contributed by atoms with Crippen molar-refractivity contribution in [2.75, 3.05) is 31.6 Å². The Bertz CT molecular complexity index is 693. The molecule has 0 fully saturated rings. The molecule has 1 aliphatic rings. The number of rotatable bonds is 5. The van der Waals surface area contributed by atoms with Gasteiger partial charge in [0.15, 0.2) is 12.4 Å². The van der Waals surface area contributed by atoms with Crippen molar-refractivity contribution in [2.45, 2.75) is 13.3 Å². The highest BCUT2D eigenvalue weighted by Crippen LogP contribution is 2.33. The van der Waals surface area contributed by atoms with Gasteiger partial charge < -0.3 is 9.64 Å². The van der Waals surface area contributed by atoms with E-state index in [4.69, 9.17) is 10.00 Å². The number of amides is 2. The number of nitrogens with zero attached hydrogens (tertiary/aromatic N) is 3. The Hall–Kier alpha value is -2.88. The number of fused-ring (bicyclic) bond motifs is 1. The van der Waals surface area contributed by atoms with Gasteiger partial charge in [0.2, 0.25) is 5.91 Å². The van der Waals surface area contributed by atoms with Crippen LogP contribution in [-0.2, 0) is 9.59 Å². The Morgan fingerprint density at radius 3 is 2.83 bits per heavy atom. The molecule has 1 heterocycles. The topological polar surface area (TPSA) is 90.7 Å². The standard InChI is InChI=1S/C16H17N3O4/c1-11(20)12-4-5-14-13(8-12)19(16(22)10-23-14)9-15(21)18(2)7-3-6-17/h4-5,8H,3,7,9-10H2,1-2H3. The number of nitriles is 1. The molecule has 1 aliphatic heterocycles. The molecule has 0 unspecified atom stereocenters. The molecule has 0 radical (unpaired) electrons. The number of carbonyl (C=O) groups excluding carboxylic acids is 3. The molecule has 0 bridgehead atoms. The van der Waals surface area contributed by atoms with Gasteiger partial charge in [-0.25, -0.2) is 0 Å². The smallest absolute Gasteiger partial charge is 0.265 e. The number of hydrogen-bond donors (Lipinski definition) is 0. The van der Waals surface area contributed by atoms with Crippen LogP contribution in [0.25, 0.3) is 0 Å². The number of anilines is 1. The van der Waals surface area contributed by atoms with E-state index in [0.717, 1.165) is 0 Å². The summed E-state index contributed by atoms with van der Waals surface area (Å²) in [7, 11) is 1.58.